The van der Waals surface area contributed by atoms with E-state index in [0.717, 1.165) is 53.1 Å². The van der Waals surface area contributed by atoms with Crippen molar-refractivity contribution in [2.45, 2.75) is 57.4 Å². The molecule has 2 aromatic heterocycles. The summed E-state index contributed by atoms with van der Waals surface area (Å²) in [5, 5.41) is 3.57. The topological polar surface area (TPSA) is 63.6 Å². The van der Waals surface area contributed by atoms with E-state index in [0.29, 0.717) is 6.04 Å². The zero-order valence-corrected chi connectivity index (χ0v) is 16.1. The largest absolute Gasteiger partial charge is 0.351 e. The lowest BCUT2D eigenvalue weighted by Gasteiger charge is -2.23. The molecule has 142 valence electrons. The fourth-order valence-electron chi connectivity index (χ4n) is 4.36. The Bertz CT molecular complexity index is 1020. The number of hydrogen-bond acceptors (Lipinski definition) is 5. The molecule has 0 atom stereocenters. The minimum absolute atomic E-state index is 0.520. The van der Waals surface area contributed by atoms with Crippen LogP contribution in [-0.4, -0.2) is 26.0 Å². The van der Waals surface area contributed by atoms with Gasteiger partial charge in [-0.25, -0.2) is 9.97 Å². The lowest BCUT2D eigenvalue weighted by molar-refractivity contribution is 0.460. The van der Waals surface area contributed by atoms with Gasteiger partial charge in [-0.1, -0.05) is 31.4 Å². The molecule has 28 heavy (non-hydrogen) atoms. The van der Waals surface area contributed by atoms with Gasteiger partial charge in [0.15, 0.2) is 0 Å². The Morgan fingerprint density at radius 2 is 1.75 bits per heavy atom. The van der Waals surface area contributed by atoms with E-state index in [-0.39, 0.29) is 0 Å². The van der Waals surface area contributed by atoms with E-state index >= 15 is 0 Å². The van der Waals surface area contributed by atoms with E-state index in [1.807, 2.05) is 12.3 Å². The fourth-order valence-corrected chi connectivity index (χ4v) is 4.36. The average molecular weight is 371 g/mol. The van der Waals surface area contributed by atoms with Gasteiger partial charge in [0, 0.05) is 30.2 Å². The van der Waals surface area contributed by atoms with Crippen LogP contribution in [0.5, 0.6) is 0 Å². The van der Waals surface area contributed by atoms with Crippen molar-refractivity contribution >= 4 is 22.6 Å². The lowest BCUT2D eigenvalue weighted by Crippen LogP contribution is -2.23. The number of nitrogens with zero attached hydrogens (tertiary/aromatic N) is 4. The van der Waals surface area contributed by atoms with Gasteiger partial charge < -0.3 is 5.32 Å². The molecule has 5 rings (SSSR count). The Morgan fingerprint density at radius 1 is 0.893 bits per heavy atom. The summed E-state index contributed by atoms with van der Waals surface area (Å²) >= 11 is 0. The highest BCUT2D eigenvalue weighted by Gasteiger charge is 2.18. The van der Waals surface area contributed by atoms with E-state index < -0.39 is 0 Å². The van der Waals surface area contributed by atoms with Crippen LogP contribution in [0.15, 0.2) is 42.9 Å². The van der Waals surface area contributed by atoms with E-state index in [1.165, 1.54) is 37.7 Å². The first-order valence-corrected chi connectivity index (χ1v) is 10.4. The molecule has 2 aliphatic rings. The fraction of sp³-hybridized carbons (Fsp3) is 0.391. The molecule has 5 heteroatoms. The first kappa shape index (κ1) is 17.3. The standard InChI is InChI=1S/C23H25N5/c1-2-6-17(7-3-1)27-23-26-15-19-18(8-4-5-9-20(19)28-23)16-10-11-21-22(14-16)25-13-12-24-21/h8,10-15,17H,1-7,9H2,(H,26,27,28). The van der Waals surface area contributed by atoms with Gasteiger partial charge in [0.2, 0.25) is 5.95 Å². The Balaban J connectivity index is 1.48. The molecule has 5 nitrogen and oxygen atoms in total. The maximum absolute atomic E-state index is 4.91. The monoisotopic (exact) mass is 371 g/mol. The molecule has 0 saturated heterocycles. The molecule has 0 spiro atoms. The Morgan fingerprint density at radius 3 is 2.64 bits per heavy atom. The van der Waals surface area contributed by atoms with Crippen molar-refractivity contribution < 1.29 is 0 Å². The molecule has 0 bridgehead atoms. The molecule has 0 amide bonds. The van der Waals surface area contributed by atoms with Crippen LogP contribution in [-0.2, 0) is 6.42 Å². The predicted octanol–water partition coefficient (Wildman–Crippen LogP) is 4.93. The summed E-state index contributed by atoms with van der Waals surface area (Å²) in [6.45, 7) is 0. The number of benzene rings is 1. The van der Waals surface area contributed by atoms with Gasteiger partial charge in [-0.3, -0.25) is 9.97 Å². The molecule has 0 unspecified atom stereocenters. The molecule has 1 fully saturated rings. The zero-order chi connectivity index (χ0) is 18.8. The molecule has 1 saturated carbocycles. The van der Waals surface area contributed by atoms with Crippen LogP contribution in [0.2, 0.25) is 0 Å². The number of rotatable bonds is 3. The third kappa shape index (κ3) is 3.49. The van der Waals surface area contributed by atoms with Crippen LogP contribution < -0.4 is 5.32 Å². The van der Waals surface area contributed by atoms with E-state index in [2.05, 4.69) is 38.5 Å². The van der Waals surface area contributed by atoms with E-state index in [9.17, 15) is 0 Å². The first-order valence-electron chi connectivity index (χ1n) is 10.4. The van der Waals surface area contributed by atoms with Gasteiger partial charge >= 0.3 is 0 Å². The van der Waals surface area contributed by atoms with Gasteiger partial charge in [-0.2, -0.15) is 0 Å². The van der Waals surface area contributed by atoms with Crippen molar-refractivity contribution in [2.24, 2.45) is 0 Å². The molecule has 0 aliphatic heterocycles. The van der Waals surface area contributed by atoms with Crippen molar-refractivity contribution in [1.29, 1.82) is 0 Å². The van der Waals surface area contributed by atoms with Crippen LogP contribution in [0, 0.1) is 0 Å². The summed E-state index contributed by atoms with van der Waals surface area (Å²) in [6, 6.07) is 6.82. The number of aromatic nitrogens is 4. The summed E-state index contributed by atoms with van der Waals surface area (Å²) in [6.07, 6.45) is 17.4. The number of fused-ring (bicyclic) bond motifs is 2. The Hall–Kier alpha value is -2.82. The summed E-state index contributed by atoms with van der Waals surface area (Å²) < 4.78 is 0. The van der Waals surface area contributed by atoms with Gasteiger partial charge in [0.05, 0.1) is 16.7 Å². The minimum atomic E-state index is 0.520. The predicted molar refractivity (Wildman–Crippen MR) is 112 cm³/mol. The second-order valence-corrected chi connectivity index (χ2v) is 7.80. The molecule has 1 N–H and O–H groups in total. The zero-order valence-electron chi connectivity index (χ0n) is 16.1. The van der Waals surface area contributed by atoms with Gasteiger partial charge in [-0.05, 0) is 55.4 Å². The molecular formula is C23H25N5. The summed E-state index contributed by atoms with van der Waals surface area (Å²) in [5.41, 5.74) is 6.51. The van der Waals surface area contributed by atoms with Gasteiger partial charge in [0.1, 0.15) is 0 Å². The highest BCUT2D eigenvalue weighted by atomic mass is 15.1. The van der Waals surface area contributed by atoms with Crippen LogP contribution in [0.25, 0.3) is 16.6 Å². The maximum atomic E-state index is 4.91. The highest BCUT2D eigenvalue weighted by molar-refractivity contribution is 5.86. The third-order valence-corrected chi connectivity index (χ3v) is 5.84. The molecule has 1 aromatic carbocycles. The summed E-state index contributed by atoms with van der Waals surface area (Å²) in [7, 11) is 0. The van der Waals surface area contributed by atoms with Crippen molar-refractivity contribution in [3.05, 3.63) is 59.7 Å². The highest BCUT2D eigenvalue weighted by Crippen LogP contribution is 2.31. The van der Waals surface area contributed by atoms with Crippen LogP contribution >= 0.6 is 0 Å². The van der Waals surface area contributed by atoms with E-state index in [4.69, 9.17) is 4.98 Å². The molecule has 0 radical (unpaired) electrons. The average Bonchev–Trinajstić information content (AvgIpc) is 2.96. The quantitative estimate of drug-likeness (QED) is 0.707. The minimum Gasteiger partial charge on any atom is -0.351 e. The number of hydrogen-bond donors (Lipinski definition) is 1. The normalized spacial score (nSPS) is 17.6. The van der Waals surface area contributed by atoms with Crippen LogP contribution in [0.1, 0.15) is 61.8 Å². The van der Waals surface area contributed by atoms with Crippen LogP contribution in [0.4, 0.5) is 5.95 Å². The number of nitrogens with one attached hydrogen (secondary N) is 1. The van der Waals surface area contributed by atoms with E-state index in [1.54, 1.807) is 12.4 Å². The van der Waals surface area contributed by atoms with Crippen molar-refractivity contribution in [1.82, 2.24) is 19.9 Å². The number of allylic oxidation sites excluding steroid dienone is 1. The summed E-state index contributed by atoms with van der Waals surface area (Å²) in [4.78, 5) is 18.4. The smallest absolute Gasteiger partial charge is 0.223 e. The molecule has 2 aliphatic carbocycles. The molecule has 2 heterocycles. The second kappa shape index (κ2) is 7.66. The van der Waals surface area contributed by atoms with Crippen molar-refractivity contribution in [3.63, 3.8) is 0 Å². The third-order valence-electron chi connectivity index (χ3n) is 5.84. The van der Waals surface area contributed by atoms with Crippen molar-refractivity contribution in [2.75, 3.05) is 5.32 Å². The maximum Gasteiger partial charge on any atom is 0.223 e. The van der Waals surface area contributed by atoms with Crippen molar-refractivity contribution in [3.8, 4) is 0 Å². The van der Waals surface area contributed by atoms with Crippen LogP contribution in [0.3, 0.4) is 0 Å². The first-order chi connectivity index (χ1) is 13.9. The van der Waals surface area contributed by atoms with Gasteiger partial charge in [-0.15, -0.1) is 0 Å². The lowest BCUT2D eigenvalue weighted by atomic mass is 9.95. The molecular weight excluding hydrogens is 346 g/mol. The number of anilines is 1. The summed E-state index contributed by atoms with van der Waals surface area (Å²) in [5.74, 6) is 0.788. The number of aryl methyl sites for hydroxylation is 1. The Kier molecular flexibility index (Phi) is 4.73. The molecule has 3 aromatic rings. The Labute approximate surface area is 165 Å². The second-order valence-electron chi connectivity index (χ2n) is 7.80. The van der Waals surface area contributed by atoms with Gasteiger partial charge in [0.25, 0.3) is 0 Å². The SMILES string of the molecule is C1=C(c2ccc3nccnc3c2)c2cnc(NC3CCCCC3)nc2CCC1.